The van der Waals surface area contributed by atoms with Crippen molar-refractivity contribution >= 4 is 17.5 Å². The minimum Gasteiger partial charge on any atom is -0.422 e. The third-order valence-electron chi connectivity index (χ3n) is 3.29. The van der Waals surface area contributed by atoms with Crippen molar-refractivity contribution in [2.75, 3.05) is 0 Å². The summed E-state index contributed by atoms with van der Waals surface area (Å²) in [4.78, 5) is 24.0. The zero-order chi connectivity index (χ0) is 14.1. The Kier molecular flexibility index (Phi) is 2.95. The number of carbonyl (C=O) groups excluding carboxylic acids is 2. The highest BCUT2D eigenvalue weighted by Crippen LogP contribution is 2.29. The Labute approximate surface area is 116 Å². The minimum absolute atomic E-state index is 0.164. The maximum atomic E-state index is 12.3. The van der Waals surface area contributed by atoms with Gasteiger partial charge in [0.1, 0.15) is 5.76 Å². The van der Waals surface area contributed by atoms with Gasteiger partial charge in [-0.25, -0.2) is 4.79 Å². The monoisotopic (exact) mass is 264 g/mol. The molecule has 3 rings (SSSR count). The molecule has 1 aliphatic rings. The number of hydrogen-bond acceptors (Lipinski definition) is 3. The summed E-state index contributed by atoms with van der Waals surface area (Å²) in [5, 5.41) is 0. The molecule has 0 bridgehead atoms. The first-order valence-corrected chi connectivity index (χ1v) is 6.30. The molecule has 1 aliphatic heterocycles. The van der Waals surface area contributed by atoms with Crippen molar-refractivity contribution in [3.63, 3.8) is 0 Å². The smallest absolute Gasteiger partial charge is 0.344 e. The predicted octanol–water partition coefficient (Wildman–Crippen LogP) is 3.39. The number of allylic oxidation sites excluding steroid dienone is 1. The summed E-state index contributed by atoms with van der Waals surface area (Å²) in [5.41, 5.74) is 2.67. The lowest BCUT2D eigenvalue weighted by molar-refractivity contribution is 0.0715. The van der Waals surface area contributed by atoms with Crippen LogP contribution >= 0.6 is 0 Å². The number of aryl methyl sites for hydroxylation is 1. The second-order valence-corrected chi connectivity index (χ2v) is 4.62. The third-order valence-corrected chi connectivity index (χ3v) is 3.29. The highest BCUT2D eigenvalue weighted by molar-refractivity contribution is 6.12. The fourth-order valence-corrected chi connectivity index (χ4v) is 2.24. The van der Waals surface area contributed by atoms with Crippen LogP contribution in [0.4, 0.5) is 0 Å². The van der Waals surface area contributed by atoms with Crippen LogP contribution in [0, 0.1) is 6.92 Å². The topological polar surface area (TPSA) is 43.4 Å². The third kappa shape index (κ3) is 2.03. The van der Waals surface area contributed by atoms with Gasteiger partial charge in [0.05, 0.1) is 5.56 Å². The molecule has 3 heteroatoms. The van der Waals surface area contributed by atoms with Gasteiger partial charge in [0, 0.05) is 17.2 Å². The molecule has 0 N–H and O–H groups in total. The van der Waals surface area contributed by atoms with Gasteiger partial charge < -0.3 is 4.74 Å². The maximum absolute atomic E-state index is 12.3. The largest absolute Gasteiger partial charge is 0.422 e. The van der Waals surface area contributed by atoms with E-state index in [0.29, 0.717) is 22.4 Å². The van der Waals surface area contributed by atoms with Gasteiger partial charge in [0.25, 0.3) is 0 Å². The number of benzene rings is 2. The van der Waals surface area contributed by atoms with Crippen LogP contribution < -0.4 is 0 Å². The summed E-state index contributed by atoms with van der Waals surface area (Å²) < 4.78 is 5.17. The van der Waals surface area contributed by atoms with Crippen LogP contribution in [0.3, 0.4) is 0 Å². The number of rotatable bonds is 2. The van der Waals surface area contributed by atoms with Crippen LogP contribution in [0.2, 0.25) is 0 Å². The van der Waals surface area contributed by atoms with E-state index < -0.39 is 5.97 Å². The van der Waals surface area contributed by atoms with Crippen LogP contribution in [0.15, 0.2) is 54.6 Å². The summed E-state index contributed by atoms with van der Waals surface area (Å²) >= 11 is 0. The molecular formula is C17H12O3. The van der Waals surface area contributed by atoms with E-state index in [2.05, 4.69) is 0 Å². The summed E-state index contributed by atoms with van der Waals surface area (Å²) in [6, 6.07) is 14.4. The highest BCUT2D eigenvalue weighted by Gasteiger charge is 2.26. The van der Waals surface area contributed by atoms with E-state index in [0.717, 1.165) is 5.56 Å². The summed E-state index contributed by atoms with van der Waals surface area (Å²) in [7, 11) is 0. The van der Waals surface area contributed by atoms with Crippen molar-refractivity contribution < 1.29 is 14.3 Å². The molecule has 1 heterocycles. The second kappa shape index (κ2) is 4.78. The first-order valence-electron chi connectivity index (χ1n) is 6.30. The van der Waals surface area contributed by atoms with Crippen LogP contribution in [-0.4, -0.2) is 11.8 Å². The van der Waals surface area contributed by atoms with Gasteiger partial charge in [-0.3, -0.25) is 4.79 Å². The van der Waals surface area contributed by atoms with Gasteiger partial charge >= 0.3 is 5.97 Å². The van der Waals surface area contributed by atoms with E-state index in [-0.39, 0.29) is 5.78 Å². The average Bonchev–Trinajstić information content (AvgIpc) is 2.76. The number of fused-ring (bicyclic) bond motifs is 1. The van der Waals surface area contributed by atoms with Crippen molar-refractivity contribution in [2.24, 2.45) is 0 Å². The Morgan fingerprint density at radius 1 is 1.00 bits per heavy atom. The van der Waals surface area contributed by atoms with Gasteiger partial charge in [0.2, 0.25) is 0 Å². The average molecular weight is 264 g/mol. The van der Waals surface area contributed by atoms with Gasteiger partial charge in [-0.1, -0.05) is 42.5 Å². The lowest BCUT2D eigenvalue weighted by atomic mass is 10.0. The Morgan fingerprint density at radius 2 is 1.65 bits per heavy atom. The zero-order valence-corrected chi connectivity index (χ0v) is 10.9. The van der Waals surface area contributed by atoms with Crippen molar-refractivity contribution in [1.82, 2.24) is 0 Å². The molecule has 0 aliphatic carbocycles. The molecule has 0 atom stereocenters. The van der Waals surface area contributed by atoms with Crippen molar-refractivity contribution in [1.29, 1.82) is 0 Å². The lowest BCUT2D eigenvalue weighted by Gasteiger charge is -2.02. The quantitative estimate of drug-likeness (QED) is 0.474. The molecule has 0 spiro atoms. The molecule has 0 saturated carbocycles. The standard InChI is InChI=1S/C17H12O3/c1-11-6-2-3-7-12(11)15(18)10-16-13-8-4-5-9-14(13)17(19)20-16/h2-10H,1H3/b16-10+. The predicted molar refractivity (Wildman–Crippen MR) is 75.3 cm³/mol. The number of carbonyl (C=O) groups is 2. The molecule has 0 fully saturated rings. The normalized spacial score (nSPS) is 15.1. The molecule has 0 saturated heterocycles. The summed E-state index contributed by atoms with van der Waals surface area (Å²) in [6.45, 7) is 1.88. The Balaban J connectivity index is 2.01. The molecule has 2 aromatic carbocycles. The second-order valence-electron chi connectivity index (χ2n) is 4.62. The molecule has 20 heavy (non-hydrogen) atoms. The first-order chi connectivity index (χ1) is 9.66. The highest BCUT2D eigenvalue weighted by atomic mass is 16.5. The number of hydrogen-bond donors (Lipinski definition) is 0. The molecule has 3 nitrogen and oxygen atoms in total. The molecule has 0 radical (unpaired) electrons. The maximum Gasteiger partial charge on any atom is 0.344 e. The molecule has 0 aromatic heterocycles. The van der Waals surface area contributed by atoms with Crippen molar-refractivity contribution in [3.05, 3.63) is 76.9 Å². The van der Waals surface area contributed by atoms with Crippen LogP contribution in [0.5, 0.6) is 0 Å². The SMILES string of the molecule is Cc1ccccc1C(=O)/C=C1/OC(=O)c2ccccc21. The Hall–Kier alpha value is -2.68. The zero-order valence-electron chi connectivity index (χ0n) is 10.9. The number of esters is 1. The molecule has 2 aromatic rings. The van der Waals surface area contributed by atoms with Gasteiger partial charge in [-0.2, -0.15) is 0 Å². The molecule has 98 valence electrons. The first kappa shape index (κ1) is 12.4. The number of ether oxygens (including phenoxy) is 1. The van der Waals surface area contributed by atoms with E-state index in [1.54, 1.807) is 24.3 Å². The fraction of sp³-hybridized carbons (Fsp3) is 0.0588. The van der Waals surface area contributed by atoms with Crippen molar-refractivity contribution in [3.8, 4) is 0 Å². The lowest BCUT2D eigenvalue weighted by Crippen LogP contribution is -1.99. The van der Waals surface area contributed by atoms with E-state index >= 15 is 0 Å². The minimum atomic E-state index is -0.413. The number of ketones is 1. The van der Waals surface area contributed by atoms with Crippen LogP contribution in [0.25, 0.3) is 5.76 Å². The fourth-order valence-electron chi connectivity index (χ4n) is 2.24. The van der Waals surface area contributed by atoms with E-state index in [4.69, 9.17) is 4.74 Å². The van der Waals surface area contributed by atoms with Gasteiger partial charge in [0.15, 0.2) is 5.78 Å². The number of cyclic esters (lactones) is 1. The van der Waals surface area contributed by atoms with Gasteiger partial charge in [-0.15, -0.1) is 0 Å². The van der Waals surface area contributed by atoms with E-state index in [1.807, 2.05) is 31.2 Å². The van der Waals surface area contributed by atoms with Crippen LogP contribution in [0.1, 0.15) is 31.8 Å². The molecule has 0 unspecified atom stereocenters. The van der Waals surface area contributed by atoms with Gasteiger partial charge in [-0.05, 0) is 18.6 Å². The Morgan fingerprint density at radius 3 is 2.40 bits per heavy atom. The molecule has 0 amide bonds. The summed E-state index contributed by atoms with van der Waals surface area (Å²) in [5.74, 6) is -0.258. The van der Waals surface area contributed by atoms with Crippen LogP contribution in [-0.2, 0) is 4.74 Å². The molecular weight excluding hydrogens is 252 g/mol. The van der Waals surface area contributed by atoms with E-state index in [9.17, 15) is 9.59 Å². The van der Waals surface area contributed by atoms with Crippen molar-refractivity contribution in [2.45, 2.75) is 6.92 Å². The Bertz CT molecular complexity index is 741. The van der Waals surface area contributed by atoms with E-state index in [1.165, 1.54) is 6.08 Å². The summed E-state index contributed by atoms with van der Waals surface area (Å²) in [6.07, 6.45) is 1.38.